The number of ether oxygens (including phenoxy) is 1. The number of aromatic amines is 1. The summed E-state index contributed by atoms with van der Waals surface area (Å²) in [7, 11) is 0. The number of H-pyrrole nitrogens is 1. The number of benzene rings is 2. The maximum atomic E-state index is 12.8. The van der Waals surface area contributed by atoms with Crippen molar-refractivity contribution in [1.82, 2.24) is 9.78 Å². The molecule has 0 radical (unpaired) electrons. The van der Waals surface area contributed by atoms with Crippen molar-refractivity contribution in [3.05, 3.63) is 74.8 Å². The van der Waals surface area contributed by atoms with E-state index in [0.717, 1.165) is 22.9 Å². The second kappa shape index (κ2) is 8.46. The molecule has 162 valence electrons. The molecule has 0 spiro atoms. The van der Waals surface area contributed by atoms with E-state index in [4.69, 9.17) is 4.74 Å². The maximum Gasteiger partial charge on any atom is 0.416 e. The molecule has 11 heteroatoms. The number of carbonyl (C=O) groups excluding carboxylic acids is 2. The number of aromatic nitrogens is 2. The Labute approximate surface area is 172 Å². The minimum Gasteiger partial charge on any atom is -0.451 e. The molecule has 3 aromatic rings. The first kappa shape index (κ1) is 21.8. The van der Waals surface area contributed by atoms with Crippen LogP contribution in [0.5, 0.6) is 0 Å². The van der Waals surface area contributed by atoms with Gasteiger partial charge in [0.05, 0.1) is 16.3 Å². The summed E-state index contributed by atoms with van der Waals surface area (Å²) in [4.78, 5) is 48.8. The minimum atomic E-state index is -4.58. The Hall–Kier alpha value is -3.89. The first-order chi connectivity index (χ1) is 14.6. The predicted octanol–water partition coefficient (Wildman–Crippen LogP) is 2.28. The first-order valence-corrected chi connectivity index (χ1v) is 8.96. The van der Waals surface area contributed by atoms with Gasteiger partial charge in [0.2, 0.25) is 0 Å². The van der Waals surface area contributed by atoms with Crippen LogP contribution < -0.4 is 16.4 Å². The van der Waals surface area contributed by atoms with Crippen molar-refractivity contribution in [2.45, 2.75) is 25.7 Å². The predicted molar refractivity (Wildman–Crippen MR) is 104 cm³/mol. The second-order valence-electron chi connectivity index (χ2n) is 6.58. The van der Waals surface area contributed by atoms with Gasteiger partial charge in [-0.3, -0.25) is 24.3 Å². The molecule has 0 fully saturated rings. The van der Waals surface area contributed by atoms with E-state index < -0.39 is 47.4 Å². The van der Waals surface area contributed by atoms with Crippen LogP contribution in [0.3, 0.4) is 0 Å². The first-order valence-electron chi connectivity index (χ1n) is 8.96. The molecule has 2 aromatic carbocycles. The van der Waals surface area contributed by atoms with Crippen molar-refractivity contribution in [1.29, 1.82) is 0 Å². The number of amides is 1. The molecule has 2 N–H and O–H groups in total. The highest BCUT2D eigenvalue weighted by atomic mass is 19.4. The molecule has 31 heavy (non-hydrogen) atoms. The monoisotopic (exact) mass is 435 g/mol. The minimum absolute atomic E-state index is 0.106. The second-order valence-corrected chi connectivity index (χ2v) is 6.58. The molecular weight excluding hydrogens is 419 g/mol. The summed E-state index contributed by atoms with van der Waals surface area (Å²) in [6.07, 6.45) is -5.95. The SMILES string of the molecule is C[C@H](OC(=O)Cn1[nH]c(=O)c2ccccc2c1=O)C(=O)Nc1cccc(C(F)(F)F)c1. The van der Waals surface area contributed by atoms with Crippen molar-refractivity contribution in [2.75, 3.05) is 5.32 Å². The zero-order valence-electron chi connectivity index (χ0n) is 16.0. The smallest absolute Gasteiger partial charge is 0.416 e. The lowest BCUT2D eigenvalue weighted by atomic mass is 10.2. The molecule has 0 aliphatic heterocycles. The van der Waals surface area contributed by atoms with Gasteiger partial charge in [-0.2, -0.15) is 13.2 Å². The van der Waals surface area contributed by atoms with Crippen molar-refractivity contribution in [3.63, 3.8) is 0 Å². The summed E-state index contributed by atoms with van der Waals surface area (Å²) in [5.74, 6) is -1.87. The van der Waals surface area contributed by atoms with Gasteiger partial charge in [0.1, 0.15) is 6.54 Å². The molecule has 0 aliphatic carbocycles. The maximum absolute atomic E-state index is 12.8. The van der Waals surface area contributed by atoms with Gasteiger partial charge in [-0.25, -0.2) is 4.68 Å². The molecule has 1 atom stereocenters. The fraction of sp³-hybridized carbons (Fsp3) is 0.200. The van der Waals surface area contributed by atoms with Crippen LogP contribution in [0.4, 0.5) is 18.9 Å². The zero-order valence-corrected chi connectivity index (χ0v) is 16.0. The fourth-order valence-corrected chi connectivity index (χ4v) is 2.79. The molecule has 0 unspecified atom stereocenters. The quantitative estimate of drug-likeness (QED) is 0.598. The topological polar surface area (TPSA) is 110 Å². The van der Waals surface area contributed by atoms with Crippen LogP contribution in [0.2, 0.25) is 0 Å². The van der Waals surface area contributed by atoms with Gasteiger partial charge in [0.25, 0.3) is 17.0 Å². The Morgan fingerprint density at radius 2 is 1.77 bits per heavy atom. The van der Waals surface area contributed by atoms with Crippen molar-refractivity contribution in [2.24, 2.45) is 0 Å². The Morgan fingerprint density at radius 3 is 2.45 bits per heavy atom. The van der Waals surface area contributed by atoms with E-state index in [0.29, 0.717) is 0 Å². The van der Waals surface area contributed by atoms with E-state index in [1.165, 1.54) is 25.1 Å². The van der Waals surface area contributed by atoms with Crippen LogP contribution in [0, 0.1) is 0 Å². The summed E-state index contributed by atoms with van der Waals surface area (Å²) in [6.45, 7) is 0.548. The summed E-state index contributed by atoms with van der Waals surface area (Å²) in [6, 6.07) is 10.00. The molecule has 0 bridgehead atoms. The number of hydrogen-bond acceptors (Lipinski definition) is 5. The number of anilines is 1. The van der Waals surface area contributed by atoms with Gasteiger partial charge in [0.15, 0.2) is 6.10 Å². The molecule has 0 saturated heterocycles. The van der Waals surface area contributed by atoms with Crippen molar-refractivity contribution >= 4 is 28.3 Å². The Bertz CT molecular complexity index is 1260. The van der Waals surface area contributed by atoms with Gasteiger partial charge in [0, 0.05) is 5.69 Å². The van der Waals surface area contributed by atoms with Gasteiger partial charge in [-0.1, -0.05) is 18.2 Å². The molecule has 1 amide bonds. The Morgan fingerprint density at radius 1 is 1.10 bits per heavy atom. The van der Waals surface area contributed by atoms with Crippen LogP contribution in [0.1, 0.15) is 12.5 Å². The van der Waals surface area contributed by atoms with Crippen molar-refractivity contribution in [3.8, 4) is 0 Å². The average Bonchev–Trinajstić information content (AvgIpc) is 2.71. The summed E-state index contributed by atoms with van der Waals surface area (Å²) in [5, 5.41) is 4.74. The highest BCUT2D eigenvalue weighted by molar-refractivity contribution is 5.95. The van der Waals surface area contributed by atoms with Crippen molar-refractivity contribution < 1.29 is 27.5 Å². The lowest BCUT2D eigenvalue weighted by Gasteiger charge is -2.15. The molecule has 1 aromatic heterocycles. The largest absolute Gasteiger partial charge is 0.451 e. The van der Waals surface area contributed by atoms with E-state index in [9.17, 15) is 32.3 Å². The zero-order chi connectivity index (χ0) is 22.8. The molecule has 0 saturated carbocycles. The van der Waals surface area contributed by atoms with E-state index in [1.807, 2.05) is 0 Å². The number of nitrogens with zero attached hydrogens (tertiary/aromatic N) is 1. The summed E-state index contributed by atoms with van der Waals surface area (Å²) >= 11 is 0. The van der Waals surface area contributed by atoms with Crippen LogP contribution in [-0.2, 0) is 27.0 Å². The number of esters is 1. The van der Waals surface area contributed by atoms with Crippen LogP contribution in [0.15, 0.2) is 58.1 Å². The van der Waals surface area contributed by atoms with Gasteiger partial charge in [-0.15, -0.1) is 0 Å². The summed E-state index contributed by atoms with van der Waals surface area (Å²) < 4.78 is 44.0. The van der Waals surface area contributed by atoms with Crippen LogP contribution in [0.25, 0.3) is 10.8 Å². The van der Waals surface area contributed by atoms with E-state index in [-0.39, 0.29) is 16.5 Å². The third-order valence-corrected chi connectivity index (χ3v) is 4.31. The Kier molecular flexibility index (Phi) is 5.95. The van der Waals surface area contributed by atoms with E-state index >= 15 is 0 Å². The van der Waals surface area contributed by atoms with E-state index in [1.54, 1.807) is 12.1 Å². The lowest BCUT2D eigenvalue weighted by molar-refractivity contribution is -0.154. The highest BCUT2D eigenvalue weighted by Crippen LogP contribution is 2.30. The van der Waals surface area contributed by atoms with Gasteiger partial charge in [-0.05, 0) is 37.3 Å². The molecule has 0 aliphatic rings. The number of fused-ring (bicyclic) bond motifs is 1. The lowest BCUT2D eigenvalue weighted by Crippen LogP contribution is -2.36. The number of carbonyl (C=O) groups is 2. The highest BCUT2D eigenvalue weighted by Gasteiger charge is 2.30. The number of rotatable bonds is 5. The fourth-order valence-electron chi connectivity index (χ4n) is 2.79. The Balaban J connectivity index is 1.68. The molecule has 3 rings (SSSR count). The van der Waals surface area contributed by atoms with Gasteiger partial charge >= 0.3 is 12.1 Å². The average molecular weight is 435 g/mol. The standard InChI is InChI=1S/C20H16F3N3O5/c1-11(17(28)24-13-6-4-5-12(9-13)20(21,22)23)31-16(27)10-26-19(30)15-8-3-2-7-14(15)18(29)25-26/h2-9,11H,10H2,1H3,(H,24,28)(H,25,29)/t11-/m0/s1. The van der Waals surface area contributed by atoms with Crippen LogP contribution in [-0.4, -0.2) is 27.8 Å². The number of hydrogen-bond donors (Lipinski definition) is 2. The number of nitrogens with one attached hydrogen (secondary N) is 2. The van der Waals surface area contributed by atoms with E-state index in [2.05, 4.69) is 10.4 Å². The molecule has 8 nitrogen and oxygen atoms in total. The van der Waals surface area contributed by atoms with Gasteiger partial charge < -0.3 is 10.1 Å². The normalized spacial score (nSPS) is 12.4. The third-order valence-electron chi connectivity index (χ3n) is 4.31. The molecular formula is C20H16F3N3O5. The van der Waals surface area contributed by atoms with Crippen LogP contribution >= 0.6 is 0 Å². The molecule has 1 heterocycles. The third kappa shape index (κ3) is 5.00. The number of halogens is 3. The summed E-state index contributed by atoms with van der Waals surface area (Å²) in [5.41, 5.74) is -2.29. The number of alkyl halides is 3.